The van der Waals surface area contributed by atoms with Crippen molar-refractivity contribution in [2.75, 3.05) is 13.1 Å². The Hall–Kier alpha value is -1.10. The van der Waals surface area contributed by atoms with Crippen molar-refractivity contribution in [3.05, 3.63) is 0 Å². The maximum atomic E-state index is 9.00. The smallest absolute Gasteiger partial charge is 0.300 e. The molecule has 0 atom stereocenters. The predicted molar refractivity (Wildman–Crippen MR) is 71.3 cm³/mol. The van der Waals surface area contributed by atoms with Gasteiger partial charge in [0.15, 0.2) is 0 Å². The van der Waals surface area contributed by atoms with Crippen LogP contribution in [0.15, 0.2) is 0 Å². The molecule has 0 saturated heterocycles. The van der Waals surface area contributed by atoms with E-state index >= 15 is 0 Å². The standard InChI is InChI=1S/C2H8N2.4C2H4O2.Y/c3-1-2-4;4*1-2(3)4;/h1-4H2;4*1H3,(H,3,4);. The number of aliphatic carboxylic acids is 4. The Kier molecular flexibility index (Phi) is 63.8. The van der Waals surface area contributed by atoms with Crippen molar-refractivity contribution in [1.82, 2.24) is 0 Å². The van der Waals surface area contributed by atoms with Crippen molar-refractivity contribution in [2.45, 2.75) is 27.7 Å². The Morgan fingerprint density at radius 1 is 0.619 bits per heavy atom. The molecule has 11 heteroatoms. The van der Waals surface area contributed by atoms with Crippen molar-refractivity contribution in [2.24, 2.45) is 11.5 Å². The fourth-order valence-electron chi connectivity index (χ4n) is 0. The van der Waals surface area contributed by atoms with Gasteiger partial charge in [0.2, 0.25) is 0 Å². The molecule has 0 aromatic rings. The molecular formula is C10H24N2O8Y. The van der Waals surface area contributed by atoms with E-state index < -0.39 is 23.9 Å². The molecule has 0 rings (SSSR count). The van der Waals surface area contributed by atoms with E-state index in [4.69, 9.17) is 51.1 Å². The van der Waals surface area contributed by atoms with E-state index in [1.807, 2.05) is 0 Å². The van der Waals surface area contributed by atoms with Gasteiger partial charge in [-0.25, -0.2) is 0 Å². The van der Waals surface area contributed by atoms with Crippen LogP contribution in [0.3, 0.4) is 0 Å². The normalized spacial score (nSPS) is 6.19. The molecular weight excluding hydrogens is 365 g/mol. The van der Waals surface area contributed by atoms with E-state index in [1.54, 1.807) is 0 Å². The minimum Gasteiger partial charge on any atom is -0.481 e. The summed E-state index contributed by atoms with van der Waals surface area (Å²) in [5.74, 6) is -3.33. The summed E-state index contributed by atoms with van der Waals surface area (Å²) >= 11 is 0. The van der Waals surface area contributed by atoms with Gasteiger partial charge in [0.25, 0.3) is 23.9 Å². The van der Waals surface area contributed by atoms with Gasteiger partial charge in [-0.3, -0.25) is 19.2 Å². The summed E-state index contributed by atoms with van der Waals surface area (Å²) in [6, 6.07) is 0. The summed E-state index contributed by atoms with van der Waals surface area (Å²) in [6.45, 7) is 5.53. The molecule has 8 N–H and O–H groups in total. The largest absolute Gasteiger partial charge is 0.481 e. The van der Waals surface area contributed by atoms with Gasteiger partial charge >= 0.3 is 0 Å². The van der Waals surface area contributed by atoms with Crippen LogP contribution in [0.2, 0.25) is 0 Å². The zero-order chi connectivity index (χ0) is 17.7. The van der Waals surface area contributed by atoms with Crippen LogP contribution in [0.5, 0.6) is 0 Å². The Bertz CT molecular complexity index is 195. The average Bonchev–Trinajstić information content (AvgIpc) is 2.13. The molecule has 0 aromatic carbocycles. The first-order valence-electron chi connectivity index (χ1n) is 5.03. The summed E-state index contributed by atoms with van der Waals surface area (Å²) in [5.41, 5.74) is 9.81. The Balaban J connectivity index is -0.0000000331. The van der Waals surface area contributed by atoms with Crippen molar-refractivity contribution in [3.8, 4) is 0 Å². The summed E-state index contributed by atoms with van der Waals surface area (Å²) < 4.78 is 0. The number of nitrogens with two attached hydrogens (primary N) is 2. The predicted octanol–water partition coefficient (Wildman–Crippen LogP) is -0.735. The van der Waals surface area contributed by atoms with Crippen LogP contribution >= 0.6 is 0 Å². The van der Waals surface area contributed by atoms with Crippen molar-refractivity contribution in [1.29, 1.82) is 0 Å². The first-order valence-corrected chi connectivity index (χ1v) is 5.03. The number of rotatable bonds is 1. The molecule has 10 nitrogen and oxygen atoms in total. The molecule has 125 valence electrons. The van der Waals surface area contributed by atoms with Crippen LogP contribution in [0.25, 0.3) is 0 Å². The van der Waals surface area contributed by atoms with Crippen LogP contribution < -0.4 is 11.5 Å². The third-order valence-electron chi connectivity index (χ3n) is 0.167. The molecule has 0 aromatic heterocycles. The molecule has 0 saturated carbocycles. The summed E-state index contributed by atoms with van der Waals surface area (Å²) in [7, 11) is 0. The first-order chi connectivity index (χ1) is 8.84. The second-order valence-electron chi connectivity index (χ2n) is 2.65. The minimum atomic E-state index is -0.833. The van der Waals surface area contributed by atoms with Gasteiger partial charge in [0.05, 0.1) is 0 Å². The van der Waals surface area contributed by atoms with Crippen LogP contribution in [0.1, 0.15) is 27.7 Å². The van der Waals surface area contributed by atoms with E-state index in [0.717, 1.165) is 27.7 Å². The van der Waals surface area contributed by atoms with Gasteiger partial charge in [-0.1, -0.05) is 0 Å². The van der Waals surface area contributed by atoms with E-state index in [2.05, 4.69) is 0 Å². The summed E-state index contributed by atoms with van der Waals surface area (Å²) in [4.78, 5) is 36.0. The molecule has 0 spiro atoms. The third kappa shape index (κ3) is 585000. The Labute approximate surface area is 148 Å². The molecule has 0 aliphatic rings. The Morgan fingerprint density at radius 2 is 0.667 bits per heavy atom. The fourth-order valence-corrected chi connectivity index (χ4v) is 0. The van der Waals surface area contributed by atoms with Gasteiger partial charge in [-0.15, -0.1) is 0 Å². The number of carboxylic acids is 4. The number of carbonyl (C=O) groups is 4. The maximum Gasteiger partial charge on any atom is 0.300 e. The van der Waals surface area contributed by atoms with Gasteiger partial charge in [0.1, 0.15) is 0 Å². The molecule has 0 unspecified atom stereocenters. The van der Waals surface area contributed by atoms with Crippen LogP contribution in [0.4, 0.5) is 0 Å². The average molecular weight is 389 g/mol. The third-order valence-corrected chi connectivity index (χ3v) is 0.167. The molecule has 0 fully saturated rings. The minimum absolute atomic E-state index is 0. The number of hydrogen-bond donors (Lipinski definition) is 6. The van der Waals surface area contributed by atoms with E-state index in [0.29, 0.717) is 13.1 Å². The topological polar surface area (TPSA) is 201 Å². The summed E-state index contributed by atoms with van der Waals surface area (Å²) in [5, 5.41) is 29.7. The molecule has 1 radical (unpaired) electrons. The number of hydrogen-bond acceptors (Lipinski definition) is 6. The maximum absolute atomic E-state index is 9.00. The van der Waals surface area contributed by atoms with Gasteiger partial charge in [0, 0.05) is 73.5 Å². The molecule has 0 aliphatic heterocycles. The first kappa shape index (κ1) is 36.8. The summed E-state index contributed by atoms with van der Waals surface area (Å²) in [6.07, 6.45) is 0. The molecule has 0 bridgehead atoms. The van der Waals surface area contributed by atoms with Gasteiger partial charge < -0.3 is 31.9 Å². The van der Waals surface area contributed by atoms with Crippen LogP contribution in [-0.4, -0.2) is 57.4 Å². The van der Waals surface area contributed by atoms with Crippen LogP contribution in [0, 0.1) is 0 Å². The van der Waals surface area contributed by atoms with E-state index in [-0.39, 0.29) is 32.7 Å². The zero-order valence-corrected chi connectivity index (χ0v) is 15.4. The zero-order valence-electron chi connectivity index (χ0n) is 12.6. The molecule has 21 heavy (non-hydrogen) atoms. The van der Waals surface area contributed by atoms with Crippen molar-refractivity contribution < 1.29 is 72.3 Å². The van der Waals surface area contributed by atoms with Gasteiger partial charge in [-0.2, -0.15) is 0 Å². The Morgan fingerprint density at radius 3 is 0.667 bits per heavy atom. The molecule has 0 aliphatic carbocycles. The fraction of sp³-hybridized carbons (Fsp3) is 0.600. The molecule has 0 amide bonds. The second kappa shape index (κ2) is 36.4. The number of carboxylic acid groups (broad SMARTS) is 4. The van der Waals surface area contributed by atoms with Crippen molar-refractivity contribution >= 4 is 23.9 Å². The quantitative estimate of drug-likeness (QED) is 0.332. The molecule has 0 heterocycles. The van der Waals surface area contributed by atoms with E-state index in [1.165, 1.54) is 0 Å². The monoisotopic (exact) mass is 389 g/mol. The van der Waals surface area contributed by atoms with Crippen LogP contribution in [-0.2, 0) is 51.9 Å². The SMILES string of the molecule is CC(=O)O.CC(=O)O.CC(=O)O.CC(=O)O.NCCN.[Y]. The second-order valence-corrected chi connectivity index (χ2v) is 2.65. The van der Waals surface area contributed by atoms with Crippen molar-refractivity contribution in [3.63, 3.8) is 0 Å². The van der Waals surface area contributed by atoms with E-state index in [9.17, 15) is 0 Å². The van der Waals surface area contributed by atoms with Gasteiger partial charge in [-0.05, 0) is 0 Å².